The second-order valence-corrected chi connectivity index (χ2v) is 11.8. The van der Waals surface area contributed by atoms with Crippen molar-refractivity contribution in [1.82, 2.24) is 0 Å². The Morgan fingerprint density at radius 2 is 0.843 bits per heavy atom. The largest absolute Gasteiger partial charge is 4.00 e. The third-order valence-corrected chi connectivity index (χ3v) is 7.40. The van der Waals surface area contributed by atoms with Gasteiger partial charge in [0.1, 0.15) is 0 Å². The van der Waals surface area contributed by atoms with Crippen LogP contribution in [0.2, 0.25) is 0 Å². The summed E-state index contributed by atoms with van der Waals surface area (Å²) in [5.74, 6) is -3.74. The molecule has 0 aliphatic heterocycles. The number of halogens is 4. The summed E-state index contributed by atoms with van der Waals surface area (Å²) < 4.78 is 51.8. The number of carbonyl (C=O) groups is 2. The number of unbranched alkanes of at least 4 members (excludes halogenated alkanes) is 12. The molecule has 0 atom stereocenters. The van der Waals surface area contributed by atoms with Gasteiger partial charge in [0, 0.05) is 36.1 Å². The molecule has 0 aliphatic carbocycles. The molecule has 4 rings (SSSR count). The summed E-state index contributed by atoms with van der Waals surface area (Å²) in [6.45, 7) is 4.35. The second-order valence-electron chi connectivity index (χ2n) is 11.8. The monoisotopic (exact) mass is 742 g/mol. The fourth-order valence-corrected chi connectivity index (χ4v) is 4.63. The average molecular weight is 743 g/mol. The van der Waals surface area contributed by atoms with Gasteiger partial charge in [-0.05, 0) is 24.2 Å². The molecule has 0 saturated carbocycles. The molecule has 0 bridgehead atoms. The van der Waals surface area contributed by atoms with Crippen LogP contribution in [-0.2, 0) is 31.3 Å². The van der Waals surface area contributed by atoms with Crippen LogP contribution >= 0.6 is 0 Å². The average Bonchev–Trinajstić information content (AvgIpc) is 3.88. The number of rotatable bonds is 18. The zero-order valence-corrected chi connectivity index (χ0v) is 31.8. The Labute approximate surface area is 318 Å². The fraction of sp³-hybridized carbons (Fsp3) is 0.429. The van der Waals surface area contributed by atoms with Crippen LogP contribution in [0.3, 0.4) is 0 Å². The summed E-state index contributed by atoms with van der Waals surface area (Å²) in [6, 6.07) is 28.4. The van der Waals surface area contributed by atoms with E-state index < -0.39 is 23.3 Å². The van der Waals surface area contributed by atoms with Crippen molar-refractivity contribution in [2.45, 2.75) is 117 Å². The van der Waals surface area contributed by atoms with Crippen molar-refractivity contribution < 1.29 is 48.9 Å². The number of anilines is 2. The minimum atomic E-state index is -0.863. The molecule has 0 unspecified atom stereocenters. The standard InChI is InChI=1S/2C16H22F2NO.2C5H5.Ti/c2*1-2-3-4-5-6-7-8-9-16(20)19-15-11-10-13(17)12-14(15)18;2*1-2-4-5-3-1;/h2*10-11H,2-9H2,1H3,(H,19,20);2*1-5H;/q4*-1;+4. The van der Waals surface area contributed by atoms with E-state index in [2.05, 4.69) is 24.5 Å². The van der Waals surface area contributed by atoms with Gasteiger partial charge < -0.3 is 10.6 Å². The molecule has 2 amide bonds. The Morgan fingerprint density at radius 3 is 1.12 bits per heavy atom. The van der Waals surface area contributed by atoms with Crippen LogP contribution in [0.25, 0.3) is 0 Å². The molecule has 0 aromatic heterocycles. The van der Waals surface area contributed by atoms with Gasteiger partial charge in [-0.2, -0.15) is 36.4 Å². The van der Waals surface area contributed by atoms with Crippen LogP contribution in [0, 0.1) is 35.4 Å². The van der Waals surface area contributed by atoms with Gasteiger partial charge in [0.15, 0.2) is 0 Å². The van der Waals surface area contributed by atoms with Gasteiger partial charge in [-0.3, -0.25) is 9.59 Å². The smallest absolute Gasteiger partial charge is 0.377 e. The molecule has 0 aliphatic rings. The maximum absolute atomic E-state index is 13.3. The molecule has 0 spiro atoms. The summed E-state index contributed by atoms with van der Waals surface area (Å²) in [5.41, 5.74) is -0.0290. The summed E-state index contributed by atoms with van der Waals surface area (Å²) >= 11 is 0. The van der Waals surface area contributed by atoms with Crippen LogP contribution in [0.4, 0.5) is 28.9 Å². The Kier molecular flexibility index (Phi) is 30.2. The quantitative estimate of drug-likeness (QED) is 0.0462. The van der Waals surface area contributed by atoms with Crippen molar-refractivity contribution >= 4 is 23.2 Å². The maximum Gasteiger partial charge on any atom is 4.00 e. The van der Waals surface area contributed by atoms with E-state index >= 15 is 0 Å². The van der Waals surface area contributed by atoms with Crippen LogP contribution in [0.15, 0.2) is 84.9 Å². The Bertz CT molecular complexity index is 1240. The molecule has 4 nitrogen and oxygen atoms in total. The van der Waals surface area contributed by atoms with E-state index in [9.17, 15) is 27.2 Å². The molecule has 51 heavy (non-hydrogen) atoms. The molecule has 0 radical (unpaired) electrons. The number of hydrogen-bond acceptors (Lipinski definition) is 2. The van der Waals surface area contributed by atoms with Crippen LogP contribution in [-0.4, -0.2) is 11.8 Å². The first kappa shape index (κ1) is 47.5. The van der Waals surface area contributed by atoms with Gasteiger partial charge in [0.2, 0.25) is 11.8 Å². The molecule has 2 N–H and O–H groups in total. The van der Waals surface area contributed by atoms with Gasteiger partial charge in [-0.15, -0.1) is 36.4 Å². The van der Waals surface area contributed by atoms with Crippen LogP contribution < -0.4 is 10.6 Å². The maximum atomic E-state index is 13.3. The van der Waals surface area contributed by atoms with E-state index in [1.54, 1.807) is 0 Å². The number of benzene rings is 2. The third kappa shape index (κ3) is 26.9. The van der Waals surface area contributed by atoms with Gasteiger partial charge in [0.05, 0.1) is 0 Å². The predicted molar refractivity (Wildman–Crippen MR) is 197 cm³/mol. The summed E-state index contributed by atoms with van der Waals surface area (Å²) in [6.07, 6.45) is 16.5. The van der Waals surface area contributed by atoms with Gasteiger partial charge >= 0.3 is 21.7 Å². The number of amides is 2. The molecular formula is C42H54F4N2O2Ti. The van der Waals surface area contributed by atoms with Crippen molar-refractivity contribution in [2.75, 3.05) is 10.6 Å². The van der Waals surface area contributed by atoms with E-state index in [0.29, 0.717) is 12.8 Å². The Balaban J connectivity index is 0.000000754. The third-order valence-electron chi connectivity index (χ3n) is 7.40. The van der Waals surface area contributed by atoms with Crippen molar-refractivity contribution in [3.63, 3.8) is 0 Å². The summed E-state index contributed by atoms with van der Waals surface area (Å²) in [4.78, 5) is 23.2. The predicted octanol–water partition coefficient (Wildman–Crippen LogP) is 12.5. The van der Waals surface area contributed by atoms with Gasteiger partial charge in [-0.1, -0.05) is 90.9 Å². The molecule has 0 heterocycles. The zero-order chi connectivity index (χ0) is 36.7. The van der Waals surface area contributed by atoms with E-state index in [1.807, 2.05) is 72.8 Å². The zero-order valence-electron chi connectivity index (χ0n) is 30.2. The normalized spacial score (nSPS) is 9.84. The summed E-state index contributed by atoms with van der Waals surface area (Å²) in [5, 5.41) is 4.87. The Hall–Kier alpha value is -3.49. The second kappa shape index (κ2) is 32.4. The number of nitrogens with one attached hydrogen (secondary N) is 2. The molecule has 4 aromatic rings. The van der Waals surface area contributed by atoms with Crippen LogP contribution in [0.5, 0.6) is 0 Å². The molecule has 276 valence electrons. The SMILES string of the molecule is CCCCCCCCCC(=O)Nc1ccc(F)[c-]c1F.CCCCCCCCCC(=O)Nc1ccc(F)[c-]c1F.[Ti+4].c1cc[cH-]c1.c1cc[cH-]c1. The molecule has 0 saturated heterocycles. The first-order valence-electron chi connectivity index (χ1n) is 17.9. The van der Waals surface area contributed by atoms with E-state index in [1.165, 1.54) is 63.5 Å². The van der Waals surface area contributed by atoms with Crippen LogP contribution in [0.1, 0.15) is 117 Å². The summed E-state index contributed by atoms with van der Waals surface area (Å²) in [7, 11) is 0. The van der Waals surface area contributed by atoms with E-state index in [4.69, 9.17) is 0 Å². The van der Waals surface area contributed by atoms with E-state index in [-0.39, 0.29) is 44.9 Å². The fourth-order valence-electron chi connectivity index (χ4n) is 4.63. The molecule has 4 aromatic carbocycles. The number of carbonyl (C=O) groups excluding carboxylic acids is 2. The first-order chi connectivity index (χ1) is 24.3. The number of hydrogen-bond donors (Lipinski definition) is 2. The van der Waals surface area contributed by atoms with Crippen molar-refractivity contribution in [3.8, 4) is 0 Å². The molecule has 0 fully saturated rings. The van der Waals surface area contributed by atoms with Crippen molar-refractivity contribution in [3.05, 3.63) is 120 Å². The minimum absolute atomic E-state index is 0. The topological polar surface area (TPSA) is 58.2 Å². The minimum Gasteiger partial charge on any atom is -0.377 e. The Morgan fingerprint density at radius 1 is 0.529 bits per heavy atom. The first-order valence-corrected chi connectivity index (χ1v) is 17.9. The van der Waals surface area contributed by atoms with Gasteiger partial charge in [-0.25, -0.2) is 41.8 Å². The van der Waals surface area contributed by atoms with Crippen molar-refractivity contribution in [2.24, 2.45) is 0 Å². The molecule has 9 heteroatoms. The van der Waals surface area contributed by atoms with Crippen molar-refractivity contribution in [1.29, 1.82) is 0 Å². The molecular weight excluding hydrogens is 688 g/mol. The van der Waals surface area contributed by atoms with Gasteiger partial charge in [0.25, 0.3) is 0 Å². The van der Waals surface area contributed by atoms with E-state index in [0.717, 1.165) is 50.7 Å².